The van der Waals surface area contributed by atoms with Crippen molar-refractivity contribution in [3.8, 4) is 0 Å². The molecule has 5 heteroatoms. The zero-order valence-electron chi connectivity index (χ0n) is 16.9. The Morgan fingerprint density at radius 3 is 1.81 bits per heavy atom. The minimum Gasteiger partial charge on any atom is -0.293 e. The number of anilines is 3. The molecule has 0 radical (unpaired) electrons. The fourth-order valence-corrected chi connectivity index (χ4v) is 5.19. The summed E-state index contributed by atoms with van der Waals surface area (Å²) in [5.74, 6) is 0.316. The summed E-state index contributed by atoms with van der Waals surface area (Å²) in [6.45, 7) is 0. The molecule has 32 heavy (non-hydrogen) atoms. The molecular weight excluding hydrogens is 416 g/mol. The number of hydrogen-bond donors (Lipinski definition) is 0. The fraction of sp³-hybridized carbons (Fsp3) is 0. The van der Waals surface area contributed by atoms with Crippen molar-refractivity contribution in [1.82, 2.24) is 4.98 Å². The molecule has 0 fully saturated rings. The van der Waals surface area contributed by atoms with Crippen LogP contribution in [0.3, 0.4) is 0 Å². The summed E-state index contributed by atoms with van der Waals surface area (Å²) in [6.07, 6.45) is 3.34. The van der Waals surface area contributed by atoms with Gasteiger partial charge >= 0.3 is 0 Å². The van der Waals surface area contributed by atoms with E-state index in [0.717, 1.165) is 17.2 Å². The van der Waals surface area contributed by atoms with Gasteiger partial charge in [0.25, 0.3) is 0 Å². The molecule has 0 saturated carbocycles. The first-order valence-electron chi connectivity index (χ1n) is 10.2. The number of aromatic nitrogens is 1. The van der Waals surface area contributed by atoms with E-state index in [0.29, 0.717) is 16.7 Å². The van der Waals surface area contributed by atoms with Crippen LogP contribution in [0.5, 0.6) is 0 Å². The molecule has 0 amide bonds. The zero-order chi connectivity index (χ0) is 21.7. The van der Waals surface area contributed by atoms with Crippen LogP contribution in [0.15, 0.2) is 106 Å². The molecule has 1 aliphatic heterocycles. The van der Waals surface area contributed by atoms with Gasteiger partial charge in [-0.15, -0.1) is 0 Å². The number of hydrogen-bond acceptors (Lipinski definition) is 5. The first-order valence-corrected chi connectivity index (χ1v) is 11.0. The lowest BCUT2D eigenvalue weighted by Gasteiger charge is -2.31. The second kappa shape index (κ2) is 7.32. The van der Waals surface area contributed by atoms with Gasteiger partial charge in [-0.3, -0.25) is 14.5 Å². The van der Waals surface area contributed by atoms with E-state index in [2.05, 4.69) is 29.2 Å². The van der Waals surface area contributed by atoms with Crippen molar-refractivity contribution < 1.29 is 9.59 Å². The number of Topliss-reactive ketones (excluding diaryl/α,β-unsaturated/α-hetero) is 2. The number of carbonyl (C=O) groups is 2. The summed E-state index contributed by atoms with van der Waals surface area (Å²) in [5.41, 5.74) is 3.98. The normalized spacial score (nSPS) is 14.1. The smallest absolute Gasteiger partial charge is 0.197 e. The number of carbonyl (C=O) groups excluding carboxylic acids is 2. The average molecular weight is 433 g/mol. The lowest BCUT2D eigenvalue weighted by atomic mass is 10.1. The third kappa shape index (κ3) is 2.90. The number of ketones is 2. The van der Waals surface area contributed by atoms with E-state index in [1.165, 1.54) is 9.79 Å². The van der Waals surface area contributed by atoms with E-state index in [1.807, 2.05) is 36.4 Å². The van der Waals surface area contributed by atoms with Crippen LogP contribution in [0.1, 0.15) is 26.3 Å². The fourth-order valence-electron chi connectivity index (χ4n) is 4.14. The molecule has 1 aromatic heterocycles. The number of allylic oxidation sites excluding steroid dienone is 1. The Morgan fingerprint density at radius 1 is 0.688 bits per heavy atom. The van der Waals surface area contributed by atoms with Crippen molar-refractivity contribution in [3.63, 3.8) is 0 Å². The molecule has 0 saturated heterocycles. The summed E-state index contributed by atoms with van der Waals surface area (Å²) in [7, 11) is 0. The lowest BCUT2D eigenvalue weighted by Crippen LogP contribution is -2.15. The molecule has 1 aliphatic carbocycles. The Bertz CT molecular complexity index is 1360. The molecule has 0 atom stereocenters. The summed E-state index contributed by atoms with van der Waals surface area (Å²) in [6, 6.07) is 27.3. The third-order valence-electron chi connectivity index (χ3n) is 5.65. The van der Waals surface area contributed by atoms with Gasteiger partial charge in [-0.2, -0.15) is 0 Å². The van der Waals surface area contributed by atoms with E-state index in [9.17, 15) is 9.59 Å². The van der Waals surface area contributed by atoms with Crippen LogP contribution in [-0.4, -0.2) is 16.6 Å². The van der Waals surface area contributed by atoms with Crippen LogP contribution in [0, 0.1) is 0 Å². The van der Waals surface area contributed by atoms with Crippen LogP contribution in [-0.2, 0) is 0 Å². The minimum atomic E-state index is -0.231. The highest BCUT2D eigenvalue weighted by molar-refractivity contribution is 7.99. The quantitative estimate of drug-likeness (QED) is 0.236. The van der Waals surface area contributed by atoms with E-state index in [1.54, 1.807) is 48.3 Å². The molecule has 152 valence electrons. The van der Waals surface area contributed by atoms with Crippen LogP contribution in [0.2, 0.25) is 0 Å². The van der Waals surface area contributed by atoms with Crippen molar-refractivity contribution in [3.05, 3.63) is 113 Å². The highest BCUT2D eigenvalue weighted by Gasteiger charge is 2.32. The van der Waals surface area contributed by atoms with Crippen molar-refractivity contribution in [1.29, 1.82) is 0 Å². The van der Waals surface area contributed by atoms with Crippen LogP contribution in [0.25, 0.3) is 6.08 Å². The molecule has 0 bridgehead atoms. The second-order valence-electron chi connectivity index (χ2n) is 7.58. The van der Waals surface area contributed by atoms with Gasteiger partial charge in [-0.05, 0) is 48.0 Å². The van der Waals surface area contributed by atoms with E-state index in [-0.39, 0.29) is 17.1 Å². The minimum absolute atomic E-state index is 0.186. The maximum absolute atomic E-state index is 12.7. The molecular formula is C27H16N2O2S. The highest BCUT2D eigenvalue weighted by atomic mass is 32.2. The van der Waals surface area contributed by atoms with Gasteiger partial charge in [0.15, 0.2) is 11.6 Å². The van der Waals surface area contributed by atoms with Gasteiger partial charge in [0.05, 0.1) is 16.9 Å². The average Bonchev–Trinajstić information content (AvgIpc) is 3.08. The monoisotopic (exact) mass is 432 g/mol. The van der Waals surface area contributed by atoms with E-state index < -0.39 is 0 Å². The molecule has 0 unspecified atom stereocenters. The summed E-state index contributed by atoms with van der Waals surface area (Å²) in [4.78, 5) is 34.5. The number of nitrogens with zero attached hydrogens (tertiary/aromatic N) is 2. The van der Waals surface area contributed by atoms with Crippen LogP contribution < -0.4 is 4.90 Å². The van der Waals surface area contributed by atoms with Crippen molar-refractivity contribution >= 4 is 46.6 Å². The van der Waals surface area contributed by atoms with Gasteiger partial charge in [-0.1, -0.05) is 60.3 Å². The topological polar surface area (TPSA) is 50.3 Å². The second-order valence-corrected chi connectivity index (χ2v) is 8.67. The van der Waals surface area contributed by atoms with Gasteiger partial charge in [0.2, 0.25) is 0 Å². The van der Waals surface area contributed by atoms with Crippen molar-refractivity contribution in [2.24, 2.45) is 0 Å². The highest BCUT2D eigenvalue weighted by Crippen LogP contribution is 2.50. The number of para-hydroxylation sites is 2. The van der Waals surface area contributed by atoms with Gasteiger partial charge < -0.3 is 0 Å². The molecule has 2 aliphatic rings. The number of rotatable bonds is 2. The van der Waals surface area contributed by atoms with E-state index >= 15 is 0 Å². The number of fused-ring (bicyclic) bond motifs is 3. The molecule has 6 rings (SSSR count). The SMILES string of the molecule is O=C1C(=Cc2ccc(N3c4ccccc4Sc4ccccc43)nc2)C(=O)c2ccccc21. The summed E-state index contributed by atoms with van der Waals surface area (Å²) in [5, 5.41) is 0. The zero-order valence-corrected chi connectivity index (χ0v) is 17.7. The van der Waals surface area contributed by atoms with Crippen LogP contribution in [0.4, 0.5) is 17.2 Å². The van der Waals surface area contributed by atoms with Gasteiger partial charge in [-0.25, -0.2) is 4.98 Å². The van der Waals surface area contributed by atoms with Gasteiger partial charge in [0.1, 0.15) is 5.82 Å². The van der Waals surface area contributed by atoms with Crippen LogP contribution >= 0.6 is 11.8 Å². The molecule has 0 spiro atoms. The van der Waals surface area contributed by atoms with E-state index in [4.69, 9.17) is 4.98 Å². The summed E-state index contributed by atoms with van der Waals surface area (Å²) >= 11 is 1.75. The third-order valence-corrected chi connectivity index (χ3v) is 6.78. The Morgan fingerprint density at radius 2 is 1.25 bits per heavy atom. The lowest BCUT2D eigenvalue weighted by molar-refractivity contribution is 0.0990. The number of benzene rings is 3. The predicted octanol–water partition coefficient (Wildman–Crippen LogP) is 6.48. The Labute approximate surface area is 189 Å². The molecule has 4 nitrogen and oxygen atoms in total. The summed E-state index contributed by atoms with van der Waals surface area (Å²) < 4.78 is 0. The molecule has 3 aromatic carbocycles. The number of pyridine rings is 1. The Balaban J connectivity index is 1.39. The standard InChI is InChI=1S/C27H16N2O2S/c30-26-18-7-1-2-8-19(18)27(31)20(26)15-17-13-14-25(28-16-17)29-21-9-3-5-11-23(21)32-24-12-6-4-10-22(24)29/h1-16H. The molecule has 0 N–H and O–H groups in total. The predicted molar refractivity (Wildman–Crippen MR) is 126 cm³/mol. The molecule has 2 heterocycles. The Kier molecular flexibility index (Phi) is 4.30. The van der Waals surface area contributed by atoms with Crippen molar-refractivity contribution in [2.45, 2.75) is 9.79 Å². The maximum atomic E-state index is 12.7. The first kappa shape index (κ1) is 18.8. The molecule has 4 aromatic rings. The first-order chi connectivity index (χ1) is 15.7. The maximum Gasteiger partial charge on any atom is 0.197 e. The van der Waals surface area contributed by atoms with Crippen molar-refractivity contribution in [2.75, 3.05) is 4.90 Å². The van der Waals surface area contributed by atoms with Gasteiger partial charge in [0, 0.05) is 27.1 Å². The largest absolute Gasteiger partial charge is 0.293 e. The Hall–Kier alpha value is -3.96.